The molecule has 0 unspecified atom stereocenters. The highest BCUT2D eigenvalue weighted by Crippen LogP contribution is 2.39. The number of ketones is 1. The summed E-state index contributed by atoms with van der Waals surface area (Å²) in [5.74, 6) is 0.667. The van der Waals surface area contributed by atoms with Crippen LogP contribution in [0.25, 0.3) is 0 Å². The van der Waals surface area contributed by atoms with Crippen molar-refractivity contribution in [3.63, 3.8) is 0 Å². The van der Waals surface area contributed by atoms with Crippen LogP contribution < -0.4 is 5.32 Å². The van der Waals surface area contributed by atoms with Crippen LogP contribution in [0.1, 0.15) is 71.3 Å². The number of alkyl carbamates (subject to hydrolysis) is 1. The molecule has 0 bridgehead atoms. The molecule has 0 fully saturated rings. The average molecular weight is 606 g/mol. The normalized spacial score (nSPS) is 14.5. The lowest BCUT2D eigenvalue weighted by atomic mass is 9.85. The minimum atomic E-state index is -2.32. The molecule has 7 nitrogen and oxygen atoms in total. The van der Waals surface area contributed by atoms with Crippen LogP contribution in [0.3, 0.4) is 0 Å². The Hall–Kier alpha value is -3.23. The van der Waals surface area contributed by atoms with Gasteiger partial charge in [-0.2, -0.15) is 0 Å². The van der Waals surface area contributed by atoms with Gasteiger partial charge in [0.25, 0.3) is 0 Å². The largest absolute Gasteiger partial charge is 0.444 e. The Kier molecular flexibility index (Phi) is 11.9. The zero-order valence-corrected chi connectivity index (χ0v) is 28.3. The fraction of sp³-hybridized carbons (Fsp3) is 0.514. The van der Waals surface area contributed by atoms with Gasteiger partial charge in [-0.1, -0.05) is 81.4 Å². The minimum absolute atomic E-state index is 0.0628. The molecule has 1 amide bonds. The molecule has 3 atom stereocenters. The van der Waals surface area contributed by atoms with E-state index in [1.54, 1.807) is 12.4 Å². The van der Waals surface area contributed by atoms with Crippen molar-refractivity contribution >= 4 is 20.2 Å². The third-order valence-corrected chi connectivity index (χ3v) is 12.7. The number of hydrogen-bond donors (Lipinski definition) is 2. The standard InChI is InChI=1S/C35H51N3O4Si/c1-34(2,3)41-33(40)38-29(24-27-17-13-10-14-18-27)31(42-43(7,8)35(4,5)6)25-28(23-26-15-11-9-12-16-26)30(39)19-20-32-36-21-22-37-32/h9-18,21-22,28-29,31H,19-20,23-25H2,1-8H3,(H,36,37)(H,38,40)/t28-,29+,31+/m1/s1. The Bertz CT molecular complexity index is 1270. The number of carbonyl (C=O) groups excluding carboxylic acids is 2. The smallest absolute Gasteiger partial charge is 0.407 e. The van der Waals surface area contributed by atoms with Crippen LogP contribution in [0.4, 0.5) is 4.79 Å². The molecule has 0 aliphatic rings. The summed E-state index contributed by atoms with van der Waals surface area (Å²) in [5.41, 5.74) is 1.54. The van der Waals surface area contributed by atoms with E-state index in [1.165, 1.54) is 0 Å². The predicted molar refractivity (Wildman–Crippen MR) is 176 cm³/mol. The number of nitrogens with one attached hydrogen (secondary N) is 2. The molecule has 8 heteroatoms. The number of hydrogen-bond acceptors (Lipinski definition) is 5. The van der Waals surface area contributed by atoms with Crippen molar-refractivity contribution in [1.29, 1.82) is 0 Å². The first-order valence-corrected chi connectivity index (χ1v) is 18.3. The topological polar surface area (TPSA) is 93.3 Å². The third-order valence-electron chi connectivity index (χ3n) is 8.16. The molecule has 0 aliphatic heterocycles. The Balaban J connectivity index is 2.00. The summed E-state index contributed by atoms with van der Waals surface area (Å²) in [4.78, 5) is 34.6. The first-order chi connectivity index (χ1) is 20.1. The fourth-order valence-electron chi connectivity index (χ4n) is 4.84. The molecule has 3 rings (SSSR count). The number of imidazole rings is 1. The van der Waals surface area contributed by atoms with Crippen LogP contribution in [0, 0.1) is 5.92 Å². The van der Waals surface area contributed by atoms with Crippen molar-refractivity contribution in [3.8, 4) is 0 Å². The maximum Gasteiger partial charge on any atom is 0.407 e. The summed E-state index contributed by atoms with van der Waals surface area (Å²) in [5, 5.41) is 3.11. The highest BCUT2D eigenvalue weighted by Gasteiger charge is 2.42. The second kappa shape index (κ2) is 15.0. The summed E-state index contributed by atoms with van der Waals surface area (Å²) in [6.45, 7) is 16.6. The van der Waals surface area contributed by atoms with Crippen LogP contribution in [0.15, 0.2) is 73.1 Å². The van der Waals surface area contributed by atoms with Gasteiger partial charge in [-0.15, -0.1) is 0 Å². The summed E-state index contributed by atoms with van der Waals surface area (Å²) < 4.78 is 12.8. The predicted octanol–water partition coefficient (Wildman–Crippen LogP) is 7.69. The molecular formula is C35H51N3O4Si. The molecule has 2 N–H and O–H groups in total. The molecular weight excluding hydrogens is 554 g/mol. The van der Waals surface area contributed by atoms with Crippen LogP contribution in [0.2, 0.25) is 18.1 Å². The minimum Gasteiger partial charge on any atom is -0.444 e. The summed E-state index contributed by atoms with van der Waals surface area (Å²) >= 11 is 0. The number of aromatic nitrogens is 2. The quantitative estimate of drug-likeness (QED) is 0.184. The SMILES string of the molecule is CC(C)(C)OC(=O)N[C@@H](Cc1ccccc1)[C@H](C[C@@H](Cc1ccccc1)C(=O)CCc1ncc[nH]1)O[Si](C)(C)C(C)(C)C. The van der Waals surface area contributed by atoms with Gasteiger partial charge in [0, 0.05) is 31.2 Å². The number of H-pyrrole nitrogens is 1. The third kappa shape index (κ3) is 11.4. The highest BCUT2D eigenvalue weighted by atomic mass is 28.4. The van der Waals surface area contributed by atoms with E-state index in [-0.39, 0.29) is 16.7 Å². The number of rotatable bonds is 14. The highest BCUT2D eigenvalue weighted by molar-refractivity contribution is 6.74. The first-order valence-electron chi connectivity index (χ1n) is 15.4. The van der Waals surface area contributed by atoms with Crippen LogP contribution in [0.5, 0.6) is 0 Å². The summed E-state index contributed by atoms with van der Waals surface area (Å²) in [6.07, 6.45) is 5.15. The Labute approximate surface area is 259 Å². The van der Waals surface area contributed by atoms with Crippen molar-refractivity contribution in [3.05, 3.63) is 90.0 Å². The average Bonchev–Trinajstić information content (AvgIpc) is 3.44. The number of aromatic amines is 1. The van der Waals surface area contributed by atoms with E-state index in [1.807, 2.05) is 57.2 Å². The number of nitrogens with zero attached hydrogens (tertiary/aromatic N) is 1. The van der Waals surface area contributed by atoms with Gasteiger partial charge in [0.2, 0.25) is 0 Å². The van der Waals surface area contributed by atoms with Gasteiger partial charge in [0.1, 0.15) is 17.2 Å². The Morgan fingerprint density at radius 2 is 1.49 bits per heavy atom. The van der Waals surface area contributed by atoms with Gasteiger partial charge in [-0.05, 0) is 69.3 Å². The van der Waals surface area contributed by atoms with E-state index in [9.17, 15) is 9.59 Å². The van der Waals surface area contributed by atoms with E-state index in [2.05, 4.69) is 73.4 Å². The Morgan fingerprint density at radius 3 is 2.00 bits per heavy atom. The van der Waals surface area contributed by atoms with Crippen molar-refractivity contribution in [2.24, 2.45) is 5.92 Å². The molecule has 0 radical (unpaired) electrons. The molecule has 1 heterocycles. The molecule has 0 saturated carbocycles. The number of aryl methyl sites for hydroxylation is 1. The number of carbonyl (C=O) groups is 2. The van der Waals surface area contributed by atoms with Crippen molar-refractivity contribution < 1.29 is 18.8 Å². The molecule has 234 valence electrons. The van der Waals surface area contributed by atoms with Crippen molar-refractivity contribution in [2.75, 3.05) is 0 Å². The van der Waals surface area contributed by atoms with Crippen molar-refractivity contribution in [2.45, 2.75) is 110 Å². The maximum absolute atomic E-state index is 13.9. The van der Waals surface area contributed by atoms with Crippen LogP contribution in [-0.4, -0.2) is 47.9 Å². The van der Waals surface area contributed by atoms with Crippen LogP contribution in [-0.2, 0) is 33.2 Å². The lowest BCUT2D eigenvalue weighted by Gasteiger charge is -2.42. The van der Waals surface area contributed by atoms with E-state index >= 15 is 0 Å². The lowest BCUT2D eigenvalue weighted by Crippen LogP contribution is -2.54. The van der Waals surface area contributed by atoms with Crippen LogP contribution >= 0.6 is 0 Å². The second-order valence-electron chi connectivity index (χ2n) is 14.0. The van der Waals surface area contributed by atoms with Gasteiger partial charge < -0.3 is 19.5 Å². The molecule has 1 aromatic heterocycles. The number of ether oxygens (including phenoxy) is 1. The lowest BCUT2D eigenvalue weighted by molar-refractivity contribution is -0.123. The number of Topliss-reactive ketones (excluding diaryl/α,β-unsaturated/α-hetero) is 1. The zero-order chi connectivity index (χ0) is 31.7. The van der Waals surface area contributed by atoms with Gasteiger partial charge in [-0.3, -0.25) is 4.79 Å². The molecule has 0 saturated heterocycles. The summed E-state index contributed by atoms with van der Waals surface area (Å²) in [7, 11) is -2.32. The van der Waals surface area contributed by atoms with E-state index in [4.69, 9.17) is 9.16 Å². The molecule has 0 aliphatic carbocycles. The van der Waals surface area contributed by atoms with Gasteiger partial charge in [-0.25, -0.2) is 9.78 Å². The molecule has 43 heavy (non-hydrogen) atoms. The zero-order valence-electron chi connectivity index (χ0n) is 27.3. The Morgan fingerprint density at radius 1 is 0.907 bits per heavy atom. The monoisotopic (exact) mass is 605 g/mol. The maximum atomic E-state index is 13.9. The molecule has 0 spiro atoms. The summed E-state index contributed by atoms with van der Waals surface area (Å²) in [6, 6.07) is 19.8. The van der Waals surface area contributed by atoms with E-state index < -0.39 is 32.2 Å². The van der Waals surface area contributed by atoms with E-state index in [0.29, 0.717) is 32.1 Å². The number of amides is 1. The van der Waals surface area contributed by atoms with E-state index in [0.717, 1.165) is 17.0 Å². The van der Waals surface area contributed by atoms with Gasteiger partial charge >= 0.3 is 6.09 Å². The fourth-order valence-corrected chi connectivity index (χ4v) is 6.21. The molecule has 2 aromatic carbocycles. The second-order valence-corrected chi connectivity index (χ2v) is 18.7. The van der Waals surface area contributed by atoms with Gasteiger partial charge in [0.05, 0.1) is 12.1 Å². The van der Waals surface area contributed by atoms with Crippen molar-refractivity contribution in [1.82, 2.24) is 15.3 Å². The number of benzene rings is 2. The molecule has 3 aromatic rings. The van der Waals surface area contributed by atoms with Gasteiger partial charge in [0.15, 0.2) is 8.32 Å². The first kappa shape index (κ1) is 34.3.